The predicted molar refractivity (Wildman–Crippen MR) is 81.9 cm³/mol. The highest BCUT2D eigenvalue weighted by Crippen LogP contribution is 2.37. The van der Waals surface area contributed by atoms with E-state index in [1.54, 1.807) is 0 Å². The second-order valence-electron chi connectivity index (χ2n) is 5.55. The Bertz CT molecular complexity index is 385. The van der Waals surface area contributed by atoms with Crippen LogP contribution in [0, 0.1) is 12.8 Å². The largest absolute Gasteiger partial charge is 0.310 e. The van der Waals surface area contributed by atoms with Crippen molar-refractivity contribution in [2.45, 2.75) is 52.0 Å². The molecule has 0 spiro atoms. The Kier molecular flexibility index (Phi) is 5.25. The molecule has 18 heavy (non-hydrogen) atoms. The minimum Gasteiger partial charge on any atom is -0.310 e. The Hall–Kier alpha value is -0.340. The molecule has 1 aromatic carbocycles. The number of aryl methyl sites for hydroxylation is 1. The van der Waals surface area contributed by atoms with E-state index in [9.17, 15) is 0 Å². The number of benzene rings is 1. The predicted octanol–water partition coefficient (Wildman–Crippen LogP) is 4.99. The molecule has 0 amide bonds. The summed E-state index contributed by atoms with van der Waals surface area (Å²) in [4.78, 5) is 0. The average molecular weight is 310 g/mol. The van der Waals surface area contributed by atoms with Crippen molar-refractivity contribution in [3.05, 3.63) is 33.8 Å². The summed E-state index contributed by atoms with van der Waals surface area (Å²) < 4.78 is 1.25. The monoisotopic (exact) mass is 309 g/mol. The van der Waals surface area contributed by atoms with Gasteiger partial charge in [0, 0.05) is 10.5 Å². The SMILES string of the molecule is CCCNC(CCC1CC1)c1cc(C)ccc1Br. The summed E-state index contributed by atoms with van der Waals surface area (Å²) >= 11 is 3.71. The van der Waals surface area contributed by atoms with Crippen LogP contribution in [0.15, 0.2) is 22.7 Å². The molecule has 2 heteroatoms. The maximum Gasteiger partial charge on any atom is 0.0331 e. The zero-order chi connectivity index (χ0) is 13.0. The van der Waals surface area contributed by atoms with Crippen LogP contribution in [0.25, 0.3) is 0 Å². The molecule has 1 fully saturated rings. The second-order valence-corrected chi connectivity index (χ2v) is 6.41. The van der Waals surface area contributed by atoms with E-state index >= 15 is 0 Å². The van der Waals surface area contributed by atoms with Crippen LogP contribution in [0.2, 0.25) is 0 Å². The van der Waals surface area contributed by atoms with E-state index in [2.05, 4.69) is 53.3 Å². The third-order valence-corrected chi connectivity index (χ3v) is 4.45. The summed E-state index contributed by atoms with van der Waals surface area (Å²) in [6.45, 7) is 5.51. The summed E-state index contributed by atoms with van der Waals surface area (Å²) in [7, 11) is 0. The van der Waals surface area contributed by atoms with E-state index in [1.807, 2.05) is 0 Å². The van der Waals surface area contributed by atoms with Crippen molar-refractivity contribution in [2.24, 2.45) is 5.92 Å². The number of halogens is 1. The van der Waals surface area contributed by atoms with Gasteiger partial charge in [0.25, 0.3) is 0 Å². The van der Waals surface area contributed by atoms with E-state index < -0.39 is 0 Å². The van der Waals surface area contributed by atoms with Gasteiger partial charge in [0.1, 0.15) is 0 Å². The molecule has 2 rings (SSSR count). The van der Waals surface area contributed by atoms with Gasteiger partial charge in [-0.05, 0) is 50.3 Å². The van der Waals surface area contributed by atoms with Gasteiger partial charge in [-0.2, -0.15) is 0 Å². The molecule has 0 bridgehead atoms. The van der Waals surface area contributed by atoms with Gasteiger partial charge >= 0.3 is 0 Å². The van der Waals surface area contributed by atoms with E-state index in [0.29, 0.717) is 6.04 Å². The third-order valence-electron chi connectivity index (χ3n) is 3.73. The summed E-state index contributed by atoms with van der Waals surface area (Å²) in [6.07, 6.45) is 6.75. The summed E-state index contributed by atoms with van der Waals surface area (Å²) in [5.74, 6) is 1.01. The van der Waals surface area contributed by atoms with Crippen molar-refractivity contribution in [3.8, 4) is 0 Å². The molecule has 0 aliphatic heterocycles. The van der Waals surface area contributed by atoms with Gasteiger partial charge in [0.2, 0.25) is 0 Å². The Labute approximate surface area is 119 Å². The quantitative estimate of drug-likeness (QED) is 0.748. The molecule has 1 saturated carbocycles. The highest BCUT2D eigenvalue weighted by Gasteiger charge is 2.23. The van der Waals surface area contributed by atoms with Crippen molar-refractivity contribution in [3.63, 3.8) is 0 Å². The fourth-order valence-corrected chi connectivity index (χ4v) is 2.95. The van der Waals surface area contributed by atoms with Gasteiger partial charge in [0.05, 0.1) is 0 Å². The maximum atomic E-state index is 3.71. The molecule has 0 saturated heterocycles. The Morgan fingerprint density at radius 3 is 2.83 bits per heavy atom. The van der Waals surface area contributed by atoms with E-state index in [4.69, 9.17) is 0 Å². The first-order chi connectivity index (χ1) is 8.70. The molecule has 100 valence electrons. The number of rotatable bonds is 7. The molecule has 1 aliphatic rings. The van der Waals surface area contributed by atoms with Crippen molar-refractivity contribution in [2.75, 3.05) is 6.54 Å². The first-order valence-electron chi connectivity index (χ1n) is 7.20. The minimum absolute atomic E-state index is 0.514. The smallest absolute Gasteiger partial charge is 0.0331 e. The van der Waals surface area contributed by atoms with Crippen LogP contribution in [0.3, 0.4) is 0 Å². The summed E-state index contributed by atoms with van der Waals surface area (Å²) in [5.41, 5.74) is 2.78. The van der Waals surface area contributed by atoms with E-state index in [-0.39, 0.29) is 0 Å². The highest BCUT2D eigenvalue weighted by molar-refractivity contribution is 9.10. The van der Waals surface area contributed by atoms with Gasteiger partial charge in [-0.15, -0.1) is 0 Å². The van der Waals surface area contributed by atoms with Crippen molar-refractivity contribution < 1.29 is 0 Å². The molecule has 0 radical (unpaired) electrons. The molecule has 1 atom stereocenters. The lowest BCUT2D eigenvalue weighted by Gasteiger charge is -2.21. The van der Waals surface area contributed by atoms with Gasteiger partial charge in [-0.25, -0.2) is 0 Å². The summed E-state index contributed by atoms with van der Waals surface area (Å²) in [6, 6.07) is 7.19. The van der Waals surface area contributed by atoms with E-state index in [0.717, 1.165) is 12.5 Å². The Balaban J connectivity index is 2.06. The van der Waals surface area contributed by atoms with Crippen LogP contribution >= 0.6 is 15.9 Å². The molecule has 1 aliphatic carbocycles. The topological polar surface area (TPSA) is 12.0 Å². The molecular weight excluding hydrogens is 286 g/mol. The van der Waals surface area contributed by atoms with Crippen LogP contribution in [0.1, 0.15) is 56.2 Å². The first kappa shape index (κ1) is 14.1. The van der Waals surface area contributed by atoms with Gasteiger partial charge < -0.3 is 5.32 Å². The molecule has 0 aromatic heterocycles. The second kappa shape index (κ2) is 6.72. The third kappa shape index (κ3) is 4.10. The number of hydrogen-bond donors (Lipinski definition) is 1. The zero-order valence-electron chi connectivity index (χ0n) is 11.5. The maximum absolute atomic E-state index is 3.71. The normalized spacial score (nSPS) is 16.8. The first-order valence-corrected chi connectivity index (χ1v) is 7.99. The van der Waals surface area contributed by atoms with Crippen LogP contribution in [-0.2, 0) is 0 Å². The lowest BCUT2D eigenvalue weighted by atomic mass is 9.98. The zero-order valence-corrected chi connectivity index (χ0v) is 13.1. The van der Waals surface area contributed by atoms with Gasteiger partial charge in [-0.3, -0.25) is 0 Å². The molecule has 1 unspecified atom stereocenters. The fourth-order valence-electron chi connectivity index (χ4n) is 2.43. The molecule has 1 N–H and O–H groups in total. The number of nitrogens with one attached hydrogen (secondary N) is 1. The highest BCUT2D eigenvalue weighted by atomic mass is 79.9. The van der Waals surface area contributed by atoms with Gasteiger partial charge in [-0.1, -0.05) is 53.4 Å². The lowest BCUT2D eigenvalue weighted by molar-refractivity contribution is 0.468. The summed E-state index contributed by atoms with van der Waals surface area (Å²) in [5, 5.41) is 3.71. The van der Waals surface area contributed by atoms with Crippen molar-refractivity contribution in [1.82, 2.24) is 5.32 Å². The average Bonchev–Trinajstić information content (AvgIpc) is 3.17. The van der Waals surface area contributed by atoms with Crippen LogP contribution in [0.5, 0.6) is 0 Å². The molecule has 0 heterocycles. The molecular formula is C16H24BrN. The van der Waals surface area contributed by atoms with E-state index in [1.165, 1.54) is 47.7 Å². The van der Waals surface area contributed by atoms with Crippen molar-refractivity contribution in [1.29, 1.82) is 0 Å². The van der Waals surface area contributed by atoms with Crippen LogP contribution in [0.4, 0.5) is 0 Å². The molecule has 1 nitrogen and oxygen atoms in total. The fraction of sp³-hybridized carbons (Fsp3) is 0.625. The van der Waals surface area contributed by atoms with Crippen LogP contribution < -0.4 is 5.32 Å². The Morgan fingerprint density at radius 1 is 1.39 bits per heavy atom. The number of hydrogen-bond acceptors (Lipinski definition) is 1. The Morgan fingerprint density at radius 2 is 2.17 bits per heavy atom. The van der Waals surface area contributed by atoms with Gasteiger partial charge in [0.15, 0.2) is 0 Å². The van der Waals surface area contributed by atoms with Crippen molar-refractivity contribution >= 4 is 15.9 Å². The minimum atomic E-state index is 0.514. The lowest BCUT2D eigenvalue weighted by Crippen LogP contribution is -2.22. The van der Waals surface area contributed by atoms with Crippen LogP contribution in [-0.4, -0.2) is 6.54 Å². The molecule has 1 aromatic rings. The standard InChI is InChI=1S/C16H24BrN/c1-3-10-18-16(9-7-13-5-6-13)14-11-12(2)4-8-15(14)17/h4,8,11,13,16,18H,3,5-7,9-10H2,1-2H3.